The lowest BCUT2D eigenvalue weighted by atomic mass is 9.91. The number of methoxy groups -OCH3 is 1. The molecule has 1 saturated heterocycles. The van der Waals surface area contributed by atoms with Gasteiger partial charge in [-0.1, -0.05) is 86.6 Å². The molecule has 3 aromatic rings. The molecule has 1 heterocycles. The Morgan fingerprint density at radius 2 is 1.53 bits per heavy atom. The van der Waals surface area contributed by atoms with Gasteiger partial charge in [-0.25, -0.2) is 9.59 Å². The Morgan fingerprint density at radius 1 is 0.851 bits per heavy atom. The third-order valence-corrected chi connectivity index (χ3v) is 8.19. The Morgan fingerprint density at radius 3 is 2.26 bits per heavy atom. The third-order valence-electron chi connectivity index (χ3n) is 8.19. The number of carbonyl (C=O) groups excluding carboxylic acids is 5. The second-order valence-corrected chi connectivity index (χ2v) is 12.2. The lowest BCUT2D eigenvalue weighted by molar-refractivity contribution is -0.146. The molecule has 0 unspecified atom stereocenters. The van der Waals surface area contributed by atoms with Gasteiger partial charge in [0.15, 0.2) is 0 Å². The van der Waals surface area contributed by atoms with Crippen LogP contribution in [0.15, 0.2) is 72.8 Å². The zero-order chi connectivity index (χ0) is 33.8. The zero-order valence-electron chi connectivity index (χ0n) is 27.1. The van der Waals surface area contributed by atoms with Crippen LogP contribution in [-0.2, 0) is 41.7 Å². The molecule has 4 amide bonds. The van der Waals surface area contributed by atoms with Crippen molar-refractivity contribution in [1.29, 1.82) is 0 Å². The maximum Gasteiger partial charge on any atom is 0.408 e. The van der Waals surface area contributed by atoms with Crippen LogP contribution in [0.25, 0.3) is 10.8 Å². The molecule has 4 atom stereocenters. The number of carbonyl (C=O) groups is 5. The number of rotatable bonds is 14. The topological polar surface area (TPSA) is 152 Å². The number of amides is 4. The number of nitrogens with one attached hydrogen (secondary N) is 4. The van der Waals surface area contributed by atoms with E-state index in [1.807, 2.05) is 86.6 Å². The summed E-state index contributed by atoms with van der Waals surface area (Å²) in [5.41, 5.74) is 1.62. The molecule has 11 heteroatoms. The Bertz CT molecular complexity index is 1540. The van der Waals surface area contributed by atoms with Gasteiger partial charge in [-0.05, 0) is 53.5 Å². The molecular formula is C36H44N4O7. The van der Waals surface area contributed by atoms with Gasteiger partial charge < -0.3 is 30.7 Å². The van der Waals surface area contributed by atoms with Crippen molar-refractivity contribution in [3.05, 3.63) is 83.9 Å². The van der Waals surface area contributed by atoms with Gasteiger partial charge in [0.05, 0.1) is 7.11 Å². The van der Waals surface area contributed by atoms with Crippen LogP contribution in [0.4, 0.5) is 4.79 Å². The highest BCUT2D eigenvalue weighted by Gasteiger charge is 2.34. The molecule has 0 bridgehead atoms. The molecule has 1 aliphatic rings. The van der Waals surface area contributed by atoms with E-state index in [1.165, 1.54) is 7.11 Å². The smallest absolute Gasteiger partial charge is 0.408 e. The van der Waals surface area contributed by atoms with Gasteiger partial charge in [0.1, 0.15) is 24.7 Å². The van der Waals surface area contributed by atoms with Crippen LogP contribution in [0.2, 0.25) is 0 Å². The van der Waals surface area contributed by atoms with E-state index in [0.29, 0.717) is 13.0 Å². The fraction of sp³-hybridized carbons (Fsp3) is 0.417. The highest BCUT2D eigenvalue weighted by molar-refractivity contribution is 5.94. The van der Waals surface area contributed by atoms with Crippen molar-refractivity contribution in [2.45, 2.75) is 70.7 Å². The van der Waals surface area contributed by atoms with Crippen LogP contribution in [0.3, 0.4) is 0 Å². The Labute approximate surface area is 275 Å². The molecule has 3 aromatic carbocycles. The van der Waals surface area contributed by atoms with Gasteiger partial charge >= 0.3 is 12.1 Å². The standard InChI is InChI=1S/C36H44N4O7/c1-23(2)19-29(33(42)39-31(35(44)46-3)21-27-16-10-18-37-32(27)41)38-34(43)30(40-36(45)47-22-24-11-5-4-6-12-24)20-26-15-9-14-25-13-7-8-17-28(25)26/h4-9,11-15,17,23,27,29-31H,10,16,18-22H2,1-3H3,(H,37,41)(H,38,43)(H,39,42)(H,40,45)/t27-,29-,30-,31-/m0/s1. The van der Waals surface area contributed by atoms with Gasteiger partial charge in [-0.3, -0.25) is 14.4 Å². The molecule has 0 spiro atoms. The predicted molar refractivity (Wildman–Crippen MR) is 177 cm³/mol. The molecule has 1 fully saturated rings. The Kier molecular flexibility index (Phi) is 12.7. The highest BCUT2D eigenvalue weighted by Crippen LogP contribution is 2.21. The SMILES string of the molecule is COC(=O)[C@H](C[C@@H]1CCCNC1=O)NC(=O)[C@H](CC(C)C)NC(=O)[C@H](Cc1cccc2ccccc12)NC(=O)OCc1ccccc1. The van der Waals surface area contributed by atoms with Gasteiger partial charge in [-0.15, -0.1) is 0 Å². The zero-order valence-corrected chi connectivity index (χ0v) is 27.1. The summed E-state index contributed by atoms with van der Waals surface area (Å²) in [5.74, 6) is -2.49. The first-order valence-electron chi connectivity index (χ1n) is 16.0. The van der Waals surface area contributed by atoms with E-state index in [-0.39, 0.29) is 37.7 Å². The second-order valence-electron chi connectivity index (χ2n) is 12.2. The summed E-state index contributed by atoms with van der Waals surface area (Å²) in [6.45, 7) is 4.40. The molecule has 0 aliphatic carbocycles. The van der Waals surface area contributed by atoms with Crippen LogP contribution in [0.1, 0.15) is 50.7 Å². The van der Waals surface area contributed by atoms with Crippen molar-refractivity contribution >= 4 is 40.6 Å². The molecule has 47 heavy (non-hydrogen) atoms. The number of hydrogen-bond donors (Lipinski definition) is 4. The van der Waals surface area contributed by atoms with E-state index >= 15 is 0 Å². The maximum atomic E-state index is 13.9. The predicted octanol–water partition coefficient (Wildman–Crippen LogP) is 3.78. The molecule has 4 N–H and O–H groups in total. The summed E-state index contributed by atoms with van der Waals surface area (Å²) in [7, 11) is 1.22. The number of fused-ring (bicyclic) bond motifs is 1. The number of esters is 1. The average Bonchev–Trinajstić information content (AvgIpc) is 3.07. The van der Waals surface area contributed by atoms with E-state index in [9.17, 15) is 24.0 Å². The molecule has 0 aromatic heterocycles. The first-order chi connectivity index (χ1) is 22.6. The van der Waals surface area contributed by atoms with E-state index in [2.05, 4.69) is 21.3 Å². The quantitative estimate of drug-likeness (QED) is 0.195. The Hall–Kier alpha value is -4.93. The third kappa shape index (κ3) is 10.3. The first kappa shape index (κ1) is 34.9. The normalized spacial score (nSPS) is 16.3. The molecule has 0 radical (unpaired) electrons. The average molecular weight is 645 g/mol. The molecular weight excluding hydrogens is 600 g/mol. The van der Waals surface area contributed by atoms with Gasteiger partial charge in [0, 0.05) is 18.9 Å². The summed E-state index contributed by atoms with van der Waals surface area (Å²) < 4.78 is 10.4. The van der Waals surface area contributed by atoms with Gasteiger partial charge in [0.2, 0.25) is 17.7 Å². The van der Waals surface area contributed by atoms with Crippen LogP contribution < -0.4 is 21.3 Å². The van der Waals surface area contributed by atoms with Gasteiger partial charge in [0.25, 0.3) is 0 Å². The second kappa shape index (κ2) is 17.1. The molecule has 11 nitrogen and oxygen atoms in total. The van der Waals surface area contributed by atoms with Crippen LogP contribution in [0.5, 0.6) is 0 Å². The molecule has 250 valence electrons. The summed E-state index contributed by atoms with van der Waals surface area (Å²) in [4.78, 5) is 65.6. The number of piperidine rings is 1. The fourth-order valence-corrected chi connectivity index (χ4v) is 5.76. The van der Waals surface area contributed by atoms with Crippen molar-refractivity contribution in [3.63, 3.8) is 0 Å². The summed E-state index contributed by atoms with van der Waals surface area (Å²) in [5, 5.41) is 12.9. The van der Waals surface area contributed by atoms with Crippen molar-refractivity contribution in [3.8, 4) is 0 Å². The summed E-state index contributed by atoms with van der Waals surface area (Å²) in [6, 6.07) is 19.5. The minimum atomic E-state index is -1.09. The van der Waals surface area contributed by atoms with Crippen molar-refractivity contribution in [2.75, 3.05) is 13.7 Å². The number of hydrogen-bond acceptors (Lipinski definition) is 7. The number of benzene rings is 3. The van der Waals surface area contributed by atoms with E-state index in [1.54, 1.807) is 0 Å². The van der Waals surface area contributed by atoms with E-state index < -0.39 is 47.9 Å². The minimum absolute atomic E-state index is 0.00735. The lowest BCUT2D eigenvalue weighted by Gasteiger charge is -2.28. The molecule has 1 aliphatic heterocycles. The van der Waals surface area contributed by atoms with Crippen LogP contribution >= 0.6 is 0 Å². The molecule has 0 saturated carbocycles. The van der Waals surface area contributed by atoms with Gasteiger partial charge in [-0.2, -0.15) is 0 Å². The lowest BCUT2D eigenvalue weighted by Crippen LogP contribution is -2.57. The largest absolute Gasteiger partial charge is 0.467 e. The van der Waals surface area contributed by atoms with Crippen LogP contribution in [-0.4, -0.2) is 61.6 Å². The first-order valence-corrected chi connectivity index (χ1v) is 16.0. The summed E-state index contributed by atoms with van der Waals surface area (Å²) >= 11 is 0. The van der Waals surface area contributed by atoms with Crippen molar-refractivity contribution in [2.24, 2.45) is 11.8 Å². The number of alkyl carbamates (subject to hydrolysis) is 1. The Balaban J connectivity index is 1.53. The fourth-order valence-electron chi connectivity index (χ4n) is 5.76. The minimum Gasteiger partial charge on any atom is -0.467 e. The molecule has 4 rings (SSSR count). The van der Waals surface area contributed by atoms with Crippen LogP contribution in [0, 0.1) is 11.8 Å². The van der Waals surface area contributed by atoms with Crippen molar-refractivity contribution in [1.82, 2.24) is 21.3 Å². The maximum absolute atomic E-state index is 13.9. The van der Waals surface area contributed by atoms with E-state index in [4.69, 9.17) is 9.47 Å². The highest BCUT2D eigenvalue weighted by atomic mass is 16.5. The number of ether oxygens (including phenoxy) is 2. The van der Waals surface area contributed by atoms with E-state index in [0.717, 1.165) is 28.3 Å². The summed E-state index contributed by atoms with van der Waals surface area (Å²) in [6.07, 6.45) is 1.04. The van der Waals surface area contributed by atoms with Crippen molar-refractivity contribution < 1.29 is 33.4 Å². The monoisotopic (exact) mass is 644 g/mol.